The molecule has 3 aromatic rings. The Morgan fingerprint density at radius 2 is 1.74 bits per heavy atom. The molecule has 0 saturated carbocycles. The number of amides is 2. The molecule has 10 heteroatoms. The molecule has 9 nitrogen and oxygen atoms in total. The van der Waals surface area contributed by atoms with E-state index in [1.807, 2.05) is 0 Å². The fourth-order valence-electron chi connectivity index (χ4n) is 3.51. The Balaban J connectivity index is 1.88. The highest BCUT2D eigenvalue weighted by molar-refractivity contribution is 9.10. The Labute approximate surface area is 229 Å². The number of halogens is 1. The van der Waals surface area contributed by atoms with Gasteiger partial charge in [0.2, 0.25) is 5.91 Å². The van der Waals surface area contributed by atoms with Crippen molar-refractivity contribution in [3.63, 3.8) is 0 Å². The summed E-state index contributed by atoms with van der Waals surface area (Å²) in [6.45, 7) is 1.92. The number of ether oxygens (including phenoxy) is 3. The highest BCUT2D eigenvalue weighted by Gasteiger charge is 2.29. The molecule has 38 heavy (non-hydrogen) atoms. The lowest BCUT2D eigenvalue weighted by atomic mass is 10.0. The largest absolute Gasteiger partial charge is 0.491 e. The van der Waals surface area contributed by atoms with Crippen molar-refractivity contribution in [1.29, 1.82) is 0 Å². The second-order valence-electron chi connectivity index (χ2n) is 7.92. The minimum Gasteiger partial charge on any atom is -0.491 e. The molecule has 0 aliphatic heterocycles. The molecule has 0 aromatic heterocycles. The number of hydrogen-bond acceptors (Lipinski definition) is 7. The molecule has 200 valence electrons. The highest BCUT2D eigenvalue weighted by atomic mass is 79.9. The Morgan fingerprint density at radius 3 is 2.45 bits per heavy atom. The molecule has 0 spiro atoms. The van der Waals surface area contributed by atoms with Crippen molar-refractivity contribution < 1.29 is 28.9 Å². The van der Waals surface area contributed by atoms with E-state index in [1.165, 1.54) is 12.2 Å². The van der Waals surface area contributed by atoms with Crippen LogP contribution in [0.5, 0.6) is 5.75 Å². The van der Waals surface area contributed by atoms with Gasteiger partial charge < -0.3 is 30.4 Å². The monoisotopic (exact) mass is 583 g/mol. The van der Waals surface area contributed by atoms with Crippen LogP contribution in [0.25, 0.3) is 0 Å². The number of aliphatic hydroxyl groups excluding tert-OH is 1. The van der Waals surface area contributed by atoms with Crippen LogP contribution in [0.3, 0.4) is 0 Å². The zero-order valence-electron chi connectivity index (χ0n) is 20.8. The van der Waals surface area contributed by atoms with Crippen molar-refractivity contribution in [1.82, 2.24) is 0 Å². The predicted molar refractivity (Wildman–Crippen MR) is 150 cm³/mol. The van der Waals surface area contributed by atoms with Crippen molar-refractivity contribution in [2.75, 3.05) is 36.2 Å². The third-order valence-corrected chi connectivity index (χ3v) is 5.74. The van der Waals surface area contributed by atoms with Crippen LogP contribution in [-0.2, 0) is 14.3 Å². The van der Waals surface area contributed by atoms with Gasteiger partial charge in [0.25, 0.3) is 0 Å². The van der Waals surface area contributed by atoms with Gasteiger partial charge in [-0.3, -0.25) is 10.1 Å². The lowest BCUT2D eigenvalue weighted by Crippen LogP contribution is -2.28. The van der Waals surface area contributed by atoms with E-state index < -0.39 is 24.2 Å². The first-order valence-electron chi connectivity index (χ1n) is 11.9. The summed E-state index contributed by atoms with van der Waals surface area (Å²) < 4.78 is 18.3. The third-order valence-electron chi connectivity index (χ3n) is 5.21. The van der Waals surface area contributed by atoms with Gasteiger partial charge in [-0.15, -0.1) is 0 Å². The van der Waals surface area contributed by atoms with Gasteiger partial charge in [-0.05, 0) is 55.5 Å². The summed E-state index contributed by atoms with van der Waals surface area (Å²) >= 11 is 3.36. The van der Waals surface area contributed by atoms with Crippen LogP contribution in [0.15, 0.2) is 89.4 Å². The summed E-state index contributed by atoms with van der Waals surface area (Å²) in [7, 11) is 0. The molecule has 0 unspecified atom stereocenters. The van der Waals surface area contributed by atoms with E-state index in [-0.39, 0.29) is 19.8 Å². The first kappa shape index (κ1) is 28.7. The Morgan fingerprint density at radius 1 is 1.03 bits per heavy atom. The van der Waals surface area contributed by atoms with Crippen molar-refractivity contribution in [3.8, 4) is 5.75 Å². The van der Waals surface area contributed by atoms with E-state index in [4.69, 9.17) is 19.9 Å². The lowest BCUT2D eigenvalue weighted by molar-refractivity contribution is -0.112. The number of hydrogen-bond donors (Lipinski definition) is 4. The minimum absolute atomic E-state index is 0.0465. The predicted octanol–water partition coefficient (Wildman–Crippen LogP) is 5.29. The van der Waals surface area contributed by atoms with E-state index in [1.54, 1.807) is 79.7 Å². The van der Waals surface area contributed by atoms with Gasteiger partial charge in [0, 0.05) is 28.4 Å². The number of nitrogen functional groups attached to an aromatic ring is 1. The zero-order valence-corrected chi connectivity index (χ0v) is 22.4. The average Bonchev–Trinajstić information content (AvgIpc) is 2.91. The summed E-state index contributed by atoms with van der Waals surface area (Å²) in [5.41, 5.74) is 7.85. The molecule has 0 heterocycles. The van der Waals surface area contributed by atoms with Crippen molar-refractivity contribution in [2.45, 2.75) is 19.1 Å². The second kappa shape index (κ2) is 14.8. The number of anilines is 3. The maximum Gasteiger partial charge on any atom is 0.412 e. The number of benzene rings is 3. The highest BCUT2D eigenvalue weighted by Crippen LogP contribution is 2.33. The smallest absolute Gasteiger partial charge is 0.412 e. The lowest BCUT2D eigenvalue weighted by Gasteiger charge is -2.27. The first-order valence-corrected chi connectivity index (χ1v) is 12.7. The van der Waals surface area contributed by atoms with Crippen LogP contribution in [0, 0.1) is 0 Å². The van der Waals surface area contributed by atoms with Gasteiger partial charge >= 0.3 is 6.09 Å². The van der Waals surface area contributed by atoms with Crippen LogP contribution in [0.1, 0.15) is 18.6 Å². The van der Waals surface area contributed by atoms with Gasteiger partial charge in [0.1, 0.15) is 18.5 Å². The number of nitrogens with two attached hydrogens (primary N) is 1. The van der Waals surface area contributed by atoms with Crippen LogP contribution < -0.4 is 21.1 Å². The Hall–Kier alpha value is -3.86. The second-order valence-corrected chi connectivity index (χ2v) is 8.84. The molecule has 0 fully saturated rings. The van der Waals surface area contributed by atoms with E-state index in [2.05, 4.69) is 26.6 Å². The van der Waals surface area contributed by atoms with Gasteiger partial charge in [0.15, 0.2) is 6.10 Å². The van der Waals surface area contributed by atoms with E-state index in [0.29, 0.717) is 28.4 Å². The van der Waals surface area contributed by atoms with E-state index in [0.717, 1.165) is 4.47 Å². The maximum absolute atomic E-state index is 12.9. The maximum atomic E-state index is 12.9. The van der Waals surface area contributed by atoms with E-state index in [9.17, 15) is 14.7 Å². The average molecular weight is 584 g/mol. The SMILES string of the molecule is CCO[C@H](/C=C/C(=O)Nc1ccccc1N)[C@H](OC(=O)Nc1ccc(Br)cc1)c1ccccc1OCCO. The van der Waals surface area contributed by atoms with Crippen LogP contribution in [0.4, 0.5) is 21.9 Å². The molecule has 0 aliphatic rings. The number of aliphatic hydroxyl groups is 1. The topological polar surface area (TPSA) is 132 Å². The van der Waals surface area contributed by atoms with Crippen molar-refractivity contribution >= 4 is 45.0 Å². The molecular weight excluding hydrogens is 554 g/mol. The molecule has 2 amide bonds. The summed E-state index contributed by atoms with van der Waals surface area (Å²) in [4.78, 5) is 25.6. The molecule has 5 N–H and O–H groups in total. The fraction of sp³-hybridized carbons (Fsp3) is 0.214. The van der Waals surface area contributed by atoms with Gasteiger partial charge in [-0.1, -0.05) is 46.3 Å². The minimum atomic E-state index is -0.994. The van der Waals surface area contributed by atoms with Gasteiger partial charge in [0.05, 0.1) is 18.0 Å². The molecule has 0 aliphatic carbocycles. The molecule has 0 saturated heterocycles. The number of para-hydroxylation sites is 3. The number of carbonyl (C=O) groups is 2. The van der Waals surface area contributed by atoms with Crippen LogP contribution >= 0.6 is 15.9 Å². The molecule has 3 aromatic carbocycles. The molecule has 3 rings (SSSR count). The molecule has 0 radical (unpaired) electrons. The molecule has 0 bridgehead atoms. The summed E-state index contributed by atoms with van der Waals surface area (Å²) in [6, 6.07) is 20.9. The fourth-order valence-corrected chi connectivity index (χ4v) is 3.77. The van der Waals surface area contributed by atoms with E-state index >= 15 is 0 Å². The summed E-state index contributed by atoms with van der Waals surface area (Å²) in [5, 5.41) is 14.7. The normalized spacial score (nSPS) is 12.5. The quantitative estimate of drug-likeness (QED) is 0.168. The van der Waals surface area contributed by atoms with Crippen molar-refractivity contribution in [3.05, 3.63) is 95.0 Å². The van der Waals surface area contributed by atoms with Crippen LogP contribution in [0.2, 0.25) is 0 Å². The van der Waals surface area contributed by atoms with Crippen molar-refractivity contribution in [2.24, 2.45) is 0 Å². The van der Waals surface area contributed by atoms with Gasteiger partial charge in [-0.25, -0.2) is 4.79 Å². The standard InChI is InChI=1S/C28H30BrN3O6/c1-2-36-25(15-16-26(34)32-23-9-5-4-8-22(23)30)27(21-7-3-6-10-24(21)37-18-17-33)38-28(35)31-20-13-11-19(29)12-14-20/h3-16,25,27,33H,2,17-18,30H2,1H3,(H,31,35)(H,32,34)/b16-15+/t25-,27-/m1/s1. The van der Waals surface area contributed by atoms with Crippen LogP contribution in [-0.4, -0.2) is 43.0 Å². The zero-order chi connectivity index (χ0) is 27.3. The third kappa shape index (κ3) is 8.62. The van der Waals surface area contributed by atoms with Gasteiger partial charge in [-0.2, -0.15) is 0 Å². The summed E-state index contributed by atoms with van der Waals surface area (Å²) in [5.74, 6) is -0.0295. The Kier molecular flexibility index (Phi) is 11.2. The Bertz CT molecular complexity index is 1240. The number of nitrogens with one attached hydrogen (secondary N) is 2. The summed E-state index contributed by atoms with van der Waals surface area (Å²) in [6.07, 6.45) is 0.235. The number of rotatable bonds is 12. The first-order chi connectivity index (χ1) is 18.4. The molecule has 2 atom stereocenters. The molecular formula is C28H30BrN3O6. The number of carbonyl (C=O) groups excluding carboxylic acids is 2.